The van der Waals surface area contributed by atoms with Gasteiger partial charge < -0.3 is 10.3 Å². The van der Waals surface area contributed by atoms with Gasteiger partial charge in [0, 0.05) is 18.9 Å². The van der Waals surface area contributed by atoms with Gasteiger partial charge in [-0.2, -0.15) is 0 Å². The molecule has 0 spiro atoms. The van der Waals surface area contributed by atoms with Crippen molar-refractivity contribution in [2.24, 2.45) is 11.7 Å². The van der Waals surface area contributed by atoms with Gasteiger partial charge in [0.2, 0.25) is 5.91 Å². The predicted molar refractivity (Wildman–Crippen MR) is 61.6 cm³/mol. The van der Waals surface area contributed by atoms with Crippen molar-refractivity contribution in [3.8, 4) is 0 Å². The Morgan fingerprint density at radius 2 is 2.40 bits per heavy atom. The second kappa shape index (κ2) is 5.80. The van der Waals surface area contributed by atoms with Crippen LogP contribution in [0.4, 0.5) is 0 Å². The Morgan fingerprint density at radius 3 is 3.00 bits per heavy atom. The molecule has 4 nitrogen and oxygen atoms in total. The maximum absolute atomic E-state index is 10.6. The molecule has 1 aromatic heterocycles. The molecule has 0 saturated heterocycles. The van der Waals surface area contributed by atoms with Crippen LogP contribution in [0.1, 0.15) is 20.3 Å². The molecule has 1 heterocycles. The highest BCUT2D eigenvalue weighted by Crippen LogP contribution is 2.16. The Kier molecular flexibility index (Phi) is 4.68. The van der Waals surface area contributed by atoms with Crippen LogP contribution in [0.3, 0.4) is 0 Å². The average Bonchev–Trinajstić information content (AvgIpc) is 2.58. The number of hydrogen-bond donors (Lipinski definition) is 1. The molecule has 0 aliphatic carbocycles. The van der Waals surface area contributed by atoms with Crippen LogP contribution in [0.25, 0.3) is 0 Å². The van der Waals surface area contributed by atoms with Crippen molar-refractivity contribution in [2.75, 3.05) is 5.75 Å². The van der Waals surface area contributed by atoms with E-state index in [9.17, 15) is 4.79 Å². The number of primary amides is 1. The normalized spacial score (nSPS) is 10.9. The van der Waals surface area contributed by atoms with Crippen molar-refractivity contribution in [1.82, 2.24) is 9.55 Å². The van der Waals surface area contributed by atoms with E-state index in [1.165, 1.54) is 11.8 Å². The highest BCUT2D eigenvalue weighted by Gasteiger charge is 2.05. The average molecular weight is 227 g/mol. The van der Waals surface area contributed by atoms with Gasteiger partial charge in [0.05, 0.1) is 5.75 Å². The molecular weight excluding hydrogens is 210 g/mol. The number of nitrogens with zero attached hydrogens (tertiary/aromatic N) is 2. The quantitative estimate of drug-likeness (QED) is 0.749. The molecule has 1 amide bonds. The summed E-state index contributed by atoms with van der Waals surface area (Å²) >= 11 is 1.39. The van der Waals surface area contributed by atoms with E-state index >= 15 is 0 Å². The summed E-state index contributed by atoms with van der Waals surface area (Å²) in [5, 5.41) is 0.870. The van der Waals surface area contributed by atoms with E-state index in [0.717, 1.165) is 18.1 Å². The maximum Gasteiger partial charge on any atom is 0.227 e. The Hall–Kier alpha value is -0.970. The third kappa shape index (κ3) is 4.38. The molecule has 84 valence electrons. The minimum absolute atomic E-state index is 0.290. The standard InChI is InChI=1S/C10H17N3OS/c1-8(2)3-5-13-6-4-12-10(13)15-7-9(11)14/h4,6,8H,3,5,7H2,1-2H3,(H2,11,14). The number of carbonyl (C=O) groups excluding carboxylic acids is 1. The molecule has 0 aliphatic rings. The fourth-order valence-corrected chi connectivity index (χ4v) is 1.86. The molecule has 2 N–H and O–H groups in total. The molecule has 0 saturated carbocycles. The summed E-state index contributed by atoms with van der Waals surface area (Å²) < 4.78 is 2.06. The molecule has 0 radical (unpaired) electrons. The van der Waals surface area contributed by atoms with Crippen LogP contribution in [0, 0.1) is 5.92 Å². The molecule has 0 atom stereocenters. The summed E-state index contributed by atoms with van der Waals surface area (Å²) in [6, 6.07) is 0. The molecule has 1 rings (SSSR count). The number of aromatic nitrogens is 2. The molecule has 0 bridgehead atoms. The summed E-state index contributed by atoms with van der Waals surface area (Å²) in [4.78, 5) is 14.8. The van der Waals surface area contributed by atoms with Crippen molar-refractivity contribution >= 4 is 17.7 Å². The van der Waals surface area contributed by atoms with Crippen molar-refractivity contribution in [3.05, 3.63) is 12.4 Å². The van der Waals surface area contributed by atoms with E-state index in [0.29, 0.717) is 11.7 Å². The topological polar surface area (TPSA) is 60.9 Å². The number of aryl methyl sites for hydroxylation is 1. The second-order valence-corrected chi connectivity index (χ2v) is 4.78. The van der Waals surface area contributed by atoms with Crippen molar-refractivity contribution in [2.45, 2.75) is 32.0 Å². The van der Waals surface area contributed by atoms with Gasteiger partial charge in [-0.05, 0) is 12.3 Å². The maximum atomic E-state index is 10.6. The van der Waals surface area contributed by atoms with Gasteiger partial charge in [-0.1, -0.05) is 25.6 Å². The zero-order valence-electron chi connectivity index (χ0n) is 9.14. The second-order valence-electron chi connectivity index (χ2n) is 3.84. The lowest BCUT2D eigenvalue weighted by Crippen LogP contribution is -2.14. The summed E-state index contributed by atoms with van der Waals surface area (Å²) in [6.45, 7) is 5.32. The Balaban J connectivity index is 2.49. The first-order chi connectivity index (χ1) is 7.09. The predicted octanol–water partition coefficient (Wildman–Crippen LogP) is 1.51. The van der Waals surface area contributed by atoms with Crippen molar-refractivity contribution in [3.63, 3.8) is 0 Å². The van der Waals surface area contributed by atoms with E-state index in [4.69, 9.17) is 5.73 Å². The first kappa shape index (κ1) is 12.1. The Bertz CT molecular complexity index is 322. The number of nitrogens with two attached hydrogens (primary N) is 1. The summed E-state index contributed by atoms with van der Waals surface area (Å²) in [5.74, 6) is 0.651. The first-order valence-corrected chi connectivity index (χ1v) is 6.00. The molecule has 0 aromatic carbocycles. The number of thioether (sulfide) groups is 1. The monoisotopic (exact) mass is 227 g/mol. The SMILES string of the molecule is CC(C)CCn1ccnc1SCC(N)=O. The lowest BCUT2D eigenvalue weighted by molar-refractivity contribution is -0.115. The molecule has 0 unspecified atom stereocenters. The van der Waals surface area contributed by atoms with Crippen LogP contribution in [-0.4, -0.2) is 21.2 Å². The van der Waals surface area contributed by atoms with E-state index in [1.54, 1.807) is 6.20 Å². The fraction of sp³-hybridized carbons (Fsp3) is 0.600. The van der Waals surface area contributed by atoms with Gasteiger partial charge in [0.25, 0.3) is 0 Å². The summed E-state index contributed by atoms with van der Waals surface area (Å²) in [7, 11) is 0. The Labute approximate surface area is 94.2 Å². The number of amides is 1. The van der Waals surface area contributed by atoms with E-state index < -0.39 is 0 Å². The highest BCUT2D eigenvalue weighted by molar-refractivity contribution is 7.99. The van der Waals surface area contributed by atoms with Crippen molar-refractivity contribution < 1.29 is 4.79 Å². The zero-order chi connectivity index (χ0) is 11.3. The number of hydrogen-bond acceptors (Lipinski definition) is 3. The van der Waals surface area contributed by atoms with Gasteiger partial charge >= 0.3 is 0 Å². The minimum atomic E-state index is -0.307. The van der Waals surface area contributed by atoms with Crippen LogP contribution in [-0.2, 0) is 11.3 Å². The van der Waals surface area contributed by atoms with E-state index in [1.807, 2.05) is 6.20 Å². The number of rotatable bonds is 6. The molecular formula is C10H17N3OS. The van der Waals surface area contributed by atoms with Crippen LogP contribution < -0.4 is 5.73 Å². The largest absolute Gasteiger partial charge is 0.369 e. The molecule has 0 fully saturated rings. The Morgan fingerprint density at radius 1 is 1.67 bits per heavy atom. The first-order valence-electron chi connectivity index (χ1n) is 5.02. The van der Waals surface area contributed by atoms with E-state index in [2.05, 4.69) is 23.4 Å². The van der Waals surface area contributed by atoms with Crippen LogP contribution in [0.2, 0.25) is 0 Å². The van der Waals surface area contributed by atoms with Crippen molar-refractivity contribution in [1.29, 1.82) is 0 Å². The summed E-state index contributed by atoms with van der Waals surface area (Å²) in [6.07, 6.45) is 4.80. The third-order valence-corrected chi connectivity index (χ3v) is 3.00. The number of carbonyl (C=O) groups is 1. The lowest BCUT2D eigenvalue weighted by Gasteiger charge is -2.08. The molecule has 5 heteroatoms. The van der Waals surface area contributed by atoms with Gasteiger partial charge in [-0.15, -0.1) is 0 Å². The van der Waals surface area contributed by atoms with Gasteiger partial charge in [-0.25, -0.2) is 4.98 Å². The zero-order valence-corrected chi connectivity index (χ0v) is 9.96. The highest BCUT2D eigenvalue weighted by atomic mass is 32.2. The number of imidazole rings is 1. The third-order valence-electron chi connectivity index (χ3n) is 1.97. The minimum Gasteiger partial charge on any atom is -0.369 e. The van der Waals surface area contributed by atoms with Crippen LogP contribution >= 0.6 is 11.8 Å². The van der Waals surface area contributed by atoms with Gasteiger partial charge in [0.15, 0.2) is 5.16 Å². The molecule has 15 heavy (non-hydrogen) atoms. The fourth-order valence-electron chi connectivity index (χ4n) is 1.14. The van der Waals surface area contributed by atoms with Gasteiger partial charge in [0.1, 0.15) is 0 Å². The molecule has 0 aliphatic heterocycles. The van der Waals surface area contributed by atoms with Crippen LogP contribution in [0.15, 0.2) is 17.6 Å². The lowest BCUT2D eigenvalue weighted by atomic mass is 10.1. The molecule has 1 aromatic rings. The van der Waals surface area contributed by atoms with Gasteiger partial charge in [-0.3, -0.25) is 4.79 Å². The van der Waals surface area contributed by atoms with E-state index in [-0.39, 0.29) is 5.91 Å². The van der Waals surface area contributed by atoms with Crippen LogP contribution in [0.5, 0.6) is 0 Å². The summed E-state index contributed by atoms with van der Waals surface area (Å²) in [5.41, 5.74) is 5.08. The smallest absolute Gasteiger partial charge is 0.227 e.